The van der Waals surface area contributed by atoms with Gasteiger partial charge < -0.3 is 9.47 Å². The van der Waals surface area contributed by atoms with Crippen molar-refractivity contribution in [2.75, 3.05) is 14.2 Å². The van der Waals surface area contributed by atoms with Crippen LogP contribution in [0.4, 0.5) is 0 Å². The molecule has 8 nitrogen and oxygen atoms in total. The highest BCUT2D eigenvalue weighted by atomic mass is 32.1. The monoisotopic (exact) mass is 282 g/mol. The molecule has 2 aromatic rings. The van der Waals surface area contributed by atoms with E-state index in [1.54, 1.807) is 7.05 Å². The molecule has 0 amide bonds. The molecule has 0 fully saturated rings. The van der Waals surface area contributed by atoms with Crippen LogP contribution in [0.5, 0.6) is 0 Å². The van der Waals surface area contributed by atoms with E-state index >= 15 is 0 Å². The minimum atomic E-state index is -0.557. The number of aromatic nitrogens is 4. The van der Waals surface area contributed by atoms with Crippen LogP contribution in [0, 0.1) is 0 Å². The molecule has 19 heavy (non-hydrogen) atoms. The SMILES string of the molecule is COC(=O)c1cc(-c2nnnn2C)c(C(=O)OC)s1. The normalized spacial score (nSPS) is 10.3. The van der Waals surface area contributed by atoms with E-state index in [-0.39, 0.29) is 9.75 Å². The predicted octanol–water partition coefficient (Wildman–Crippen LogP) is 0.512. The molecule has 0 aliphatic heterocycles. The Labute approximate surface area is 111 Å². The fourth-order valence-corrected chi connectivity index (χ4v) is 2.45. The largest absolute Gasteiger partial charge is 0.465 e. The number of rotatable bonds is 3. The Hall–Kier alpha value is -2.29. The molecule has 0 aromatic carbocycles. The van der Waals surface area contributed by atoms with Crippen LogP contribution < -0.4 is 0 Å². The van der Waals surface area contributed by atoms with Crippen molar-refractivity contribution in [2.45, 2.75) is 0 Å². The molecule has 2 heterocycles. The second-order valence-electron chi connectivity index (χ2n) is 3.46. The lowest BCUT2D eigenvalue weighted by Crippen LogP contribution is -2.02. The fourth-order valence-electron chi connectivity index (χ4n) is 1.46. The minimum absolute atomic E-state index is 0.251. The molecule has 0 radical (unpaired) electrons. The summed E-state index contributed by atoms with van der Waals surface area (Å²) in [7, 11) is 4.16. The first-order valence-electron chi connectivity index (χ1n) is 5.11. The van der Waals surface area contributed by atoms with Crippen LogP contribution >= 0.6 is 11.3 Å². The third-order valence-corrected chi connectivity index (χ3v) is 3.45. The summed E-state index contributed by atoms with van der Waals surface area (Å²) in [6.45, 7) is 0. The zero-order valence-corrected chi connectivity index (χ0v) is 11.2. The van der Waals surface area contributed by atoms with Gasteiger partial charge in [0.15, 0.2) is 5.82 Å². The van der Waals surface area contributed by atoms with Crippen LogP contribution in [0.15, 0.2) is 6.07 Å². The van der Waals surface area contributed by atoms with Gasteiger partial charge in [-0.05, 0) is 16.5 Å². The number of aryl methyl sites for hydroxylation is 1. The van der Waals surface area contributed by atoms with Crippen LogP contribution in [0.2, 0.25) is 0 Å². The fraction of sp³-hybridized carbons (Fsp3) is 0.300. The maximum Gasteiger partial charge on any atom is 0.348 e. The number of esters is 2. The van der Waals surface area contributed by atoms with Crippen LogP contribution in [0.25, 0.3) is 11.4 Å². The maximum absolute atomic E-state index is 11.7. The van der Waals surface area contributed by atoms with Crippen LogP contribution in [-0.4, -0.2) is 46.4 Å². The Bertz CT molecular complexity index is 633. The molecule has 2 rings (SSSR count). The highest BCUT2D eigenvalue weighted by molar-refractivity contribution is 7.16. The Morgan fingerprint density at radius 3 is 2.47 bits per heavy atom. The highest BCUT2D eigenvalue weighted by Gasteiger charge is 2.24. The average molecular weight is 282 g/mol. The van der Waals surface area contributed by atoms with Crippen LogP contribution in [0.3, 0.4) is 0 Å². The summed E-state index contributed by atoms with van der Waals surface area (Å²) in [6.07, 6.45) is 0. The zero-order chi connectivity index (χ0) is 14.0. The van der Waals surface area contributed by atoms with E-state index < -0.39 is 11.9 Å². The molecule has 0 saturated heterocycles. The molecule has 9 heteroatoms. The highest BCUT2D eigenvalue weighted by Crippen LogP contribution is 2.30. The molecule has 0 saturated carbocycles. The summed E-state index contributed by atoms with van der Waals surface area (Å²) < 4.78 is 10.7. The summed E-state index contributed by atoms with van der Waals surface area (Å²) in [5, 5.41) is 11.0. The van der Waals surface area contributed by atoms with Crippen molar-refractivity contribution in [1.29, 1.82) is 0 Å². The lowest BCUT2D eigenvalue weighted by Gasteiger charge is -1.99. The Kier molecular flexibility index (Phi) is 3.56. The number of methoxy groups -OCH3 is 2. The lowest BCUT2D eigenvalue weighted by molar-refractivity contribution is 0.0600. The number of hydrogen-bond acceptors (Lipinski definition) is 8. The number of nitrogens with zero attached hydrogens (tertiary/aromatic N) is 4. The van der Waals surface area contributed by atoms with Gasteiger partial charge in [0, 0.05) is 12.6 Å². The Morgan fingerprint density at radius 1 is 1.26 bits per heavy atom. The Balaban J connectivity index is 2.58. The van der Waals surface area contributed by atoms with Crippen molar-refractivity contribution in [3.05, 3.63) is 15.8 Å². The standard InChI is InChI=1S/C10H10N4O4S/c1-14-8(11-12-13-14)5-4-6(9(15)17-2)19-7(5)10(16)18-3/h4H,1-3H3. The van der Waals surface area contributed by atoms with Crippen molar-refractivity contribution in [3.8, 4) is 11.4 Å². The molecule has 2 aromatic heterocycles. The van der Waals surface area contributed by atoms with Gasteiger partial charge in [-0.2, -0.15) is 0 Å². The molecule has 0 aliphatic carbocycles. The van der Waals surface area contributed by atoms with Crippen molar-refractivity contribution >= 4 is 23.3 Å². The van der Waals surface area contributed by atoms with E-state index in [1.807, 2.05) is 0 Å². The van der Waals surface area contributed by atoms with Crippen molar-refractivity contribution in [1.82, 2.24) is 20.2 Å². The van der Waals surface area contributed by atoms with Gasteiger partial charge in [0.2, 0.25) is 0 Å². The summed E-state index contributed by atoms with van der Waals surface area (Å²) in [4.78, 5) is 23.8. The molecular formula is C10H10N4O4S. The van der Waals surface area contributed by atoms with Crippen LogP contribution in [0.1, 0.15) is 19.3 Å². The van der Waals surface area contributed by atoms with Gasteiger partial charge in [-0.1, -0.05) is 0 Å². The number of thiophene rings is 1. The quantitative estimate of drug-likeness (QED) is 0.757. The van der Waals surface area contributed by atoms with Gasteiger partial charge in [0.25, 0.3) is 0 Å². The average Bonchev–Trinajstić information content (AvgIpc) is 3.02. The zero-order valence-electron chi connectivity index (χ0n) is 10.4. The topological polar surface area (TPSA) is 96.2 Å². The lowest BCUT2D eigenvalue weighted by atomic mass is 10.2. The molecule has 0 aliphatic rings. The predicted molar refractivity (Wildman–Crippen MR) is 64.8 cm³/mol. The molecule has 0 atom stereocenters. The number of hydrogen-bond donors (Lipinski definition) is 0. The minimum Gasteiger partial charge on any atom is -0.465 e. The number of ether oxygens (including phenoxy) is 2. The first kappa shape index (κ1) is 13.1. The van der Waals surface area contributed by atoms with Gasteiger partial charge in [0.05, 0.1) is 14.2 Å². The van der Waals surface area contributed by atoms with Gasteiger partial charge >= 0.3 is 11.9 Å². The summed E-state index contributed by atoms with van der Waals surface area (Å²) >= 11 is 0.974. The molecule has 0 bridgehead atoms. The van der Waals surface area contributed by atoms with Gasteiger partial charge in [0.1, 0.15) is 9.75 Å². The van der Waals surface area contributed by atoms with E-state index in [4.69, 9.17) is 0 Å². The van der Waals surface area contributed by atoms with Crippen molar-refractivity contribution in [2.24, 2.45) is 7.05 Å². The first-order valence-corrected chi connectivity index (χ1v) is 5.93. The number of carbonyl (C=O) groups is 2. The molecule has 0 N–H and O–H groups in total. The third kappa shape index (κ3) is 2.32. The molecular weight excluding hydrogens is 272 g/mol. The van der Waals surface area contributed by atoms with Crippen molar-refractivity contribution in [3.63, 3.8) is 0 Å². The molecule has 100 valence electrons. The second-order valence-corrected chi connectivity index (χ2v) is 4.51. The first-order chi connectivity index (χ1) is 9.08. The van der Waals surface area contributed by atoms with E-state index in [0.29, 0.717) is 11.4 Å². The summed E-state index contributed by atoms with van der Waals surface area (Å²) in [5.74, 6) is -0.721. The molecule has 0 spiro atoms. The Morgan fingerprint density at radius 2 is 1.95 bits per heavy atom. The smallest absolute Gasteiger partial charge is 0.348 e. The van der Waals surface area contributed by atoms with E-state index in [0.717, 1.165) is 11.3 Å². The van der Waals surface area contributed by atoms with Crippen molar-refractivity contribution < 1.29 is 19.1 Å². The number of carbonyl (C=O) groups excluding carboxylic acids is 2. The molecule has 0 unspecified atom stereocenters. The third-order valence-electron chi connectivity index (χ3n) is 2.35. The van der Waals surface area contributed by atoms with Gasteiger partial charge in [-0.15, -0.1) is 16.4 Å². The van der Waals surface area contributed by atoms with Gasteiger partial charge in [-0.3, -0.25) is 0 Å². The summed E-state index contributed by atoms with van der Waals surface area (Å²) in [5.41, 5.74) is 0.435. The second kappa shape index (κ2) is 5.14. The van der Waals surface area contributed by atoms with Gasteiger partial charge in [-0.25, -0.2) is 14.3 Å². The van der Waals surface area contributed by atoms with E-state index in [9.17, 15) is 9.59 Å². The number of tetrazole rings is 1. The van der Waals surface area contributed by atoms with E-state index in [1.165, 1.54) is 25.0 Å². The van der Waals surface area contributed by atoms with Crippen LogP contribution in [-0.2, 0) is 16.5 Å². The maximum atomic E-state index is 11.7. The summed E-state index contributed by atoms with van der Waals surface area (Å²) in [6, 6.07) is 1.51. The van der Waals surface area contributed by atoms with E-state index in [2.05, 4.69) is 25.0 Å².